The molecule has 0 saturated carbocycles. The molecule has 1 heterocycles. The van der Waals surface area contributed by atoms with E-state index >= 15 is 0 Å². The Morgan fingerprint density at radius 2 is 1.50 bits per heavy atom. The van der Waals surface area contributed by atoms with Crippen LogP contribution in [0.15, 0.2) is 41.5 Å². The van der Waals surface area contributed by atoms with Crippen LogP contribution in [0.5, 0.6) is 23.0 Å². The predicted molar refractivity (Wildman–Crippen MR) is 117 cm³/mol. The van der Waals surface area contributed by atoms with Crippen LogP contribution in [0.3, 0.4) is 0 Å². The van der Waals surface area contributed by atoms with E-state index in [4.69, 9.17) is 24.1 Å². The van der Waals surface area contributed by atoms with Crippen molar-refractivity contribution in [2.24, 2.45) is 5.10 Å². The lowest BCUT2D eigenvalue weighted by atomic mass is 9.97. The van der Waals surface area contributed by atoms with Crippen molar-refractivity contribution in [3.63, 3.8) is 0 Å². The molecule has 0 aliphatic carbocycles. The zero-order chi connectivity index (χ0) is 23.3. The number of aliphatic carboxylic acids is 1. The van der Waals surface area contributed by atoms with Crippen LogP contribution in [0, 0.1) is 0 Å². The monoisotopic (exact) mass is 442 g/mol. The van der Waals surface area contributed by atoms with Gasteiger partial charge >= 0.3 is 5.97 Å². The molecule has 1 amide bonds. The standard InChI is InChI=1S/C23H26N2O7/c1-29-18-7-5-14(11-20(18)31-3)16-13-17(25(24-16)22(26)9-10-23(27)28)15-6-8-19(30-2)21(12-15)32-4/h5-8,11-12,17H,9-10,13H2,1-4H3,(H,27,28). The van der Waals surface area contributed by atoms with E-state index < -0.39 is 12.0 Å². The van der Waals surface area contributed by atoms with Crippen LogP contribution >= 0.6 is 0 Å². The fourth-order valence-electron chi connectivity index (χ4n) is 3.58. The SMILES string of the molecule is COc1ccc(C2=NN(C(=O)CCC(=O)O)C(c3ccc(OC)c(OC)c3)C2)cc1OC. The van der Waals surface area contributed by atoms with Crippen LogP contribution in [0.4, 0.5) is 0 Å². The number of hydrogen-bond acceptors (Lipinski definition) is 7. The number of carboxylic acid groups (broad SMARTS) is 1. The van der Waals surface area contributed by atoms with Gasteiger partial charge in [-0.2, -0.15) is 5.10 Å². The summed E-state index contributed by atoms with van der Waals surface area (Å²) in [6, 6.07) is 10.4. The van der Waals surface area contributed by atoms with E-state index in [-0.39, 0.29) is 18.7 Å². The minimum Gasteiger partial charge on any atom is -0.493 e. The first-order valence-corrected chi connectivity index (χ1v) is 9.97. The molecule has 170 valence electrons. The maximum absolute atomic E-state index is 12.9. The summed E-state index contributed by atoms with van der Waals surface area (Å²) in [6.45, 7) is 0. The third kappa shape index (κ3) is 4.77. The van der Waals surface area contributed by atoms with Gasteiger partial charge in [0, 0.05) is 18.4 Å². The van der Waals surface area contributed by atoms with Gasteiger partial charge in [-0.15, -0.1) is 0 Å². The van der Waals surface area contributed by atoms with Crippen LogP contribution in [0.2, 0.25) is 0 Å². The lowest BCUT2D eigenvalue weighted by Gasteiger charge is -2.22. The van der Waals surface area contributed by atoms with Gasteiger partial charge in [-0.05, 0) is 35.9 Å². The lowest BCUT2D eigenvalue weighted by molar-refractivity contribution is -0.141. The smallest absolute Gasteiger partial charge is 0.303 e. The molecule has 0 fully saturated rings. The number of benzene rings is 2. The number of carbonyl (C=O) groups excluding carboxylic acids is 1. The first-order chi connectivity index (χ1) is 15.4. The number of hydrogen-bond donors (Lipinski definition) is 1. The van der Waals surface area contributed by atoms with Gasteiger partial charge in [0.15, 0.2) is 23.0 Å². The summed E-state index contributed by atoms with van der Waals surface area (Å²) < 4.78 is 21.4. The van der Waals surface area contributed by atoms with E-state index in [1.54, 1.807) is 45.6 Å². The summed E-state index contributed by atoms with van der Waals surface area (Å²) >= 11 is 0. The molecular weight excluding hydrogens is 416 g/mol. The summed E-state index contributed by atoms with van der Waals surface area (Å²) in [5.41, 5.74) is 2.25. The van der Waals surface area contributed by atoms with E-state index in [1.807, 2.05) is 12.1 Å². The zero-order valence-corrected chi connectivity index (χ0v) is 18.5. The summed E-state index contributed by atoms with van der Waals surface area (Å²) in [6.07, 6.45) is 0.0147. The molecule has 9 nitrogen and oxygen atoms in total. The second-order valence-corrected chi connectivity index (χ2v) is 7.08. The van der Waals surface area contributed by atoms with Crippen molar-refractivity contribution in [1.82, 2.24) is 5.01 Å². The highest BCUT2D eigenvalue weighted by molar-refractivity contribution is 6.03. The number of carbonyl (C=O) groups is 2. The van der Waals surface area contributed by atoms with Crippen LogP contribution in [-0.4, -0.2) is 56.1 Å². The molecule has 3 rings (SSSR count). The highest BCUT2D eigenvalue weighted by Gasteiger charge is 2.34. The second-order valence-electron chi connectivity index (χ2n) is 7.08. The molecule has 9 heteroatoms. The van der Waals surface area contributed by atoms with Crippen molar-refractivity contribution in [1.29, 1.82) is 0 Å². The fraction of sp³-hybridized carbons (Fsp3) is 0.348. The minimum atomic E-state index is -1.04. The van der Waals surface area contributed by atoms with Crippen LogP contribution in [0.25, 0.3) is 0 Å². The van der Waals surface area contributed by atoms with E-state index in [0.29, 0.717) is 35.1 Å². The highest BCUT2D eigenvalue weighted by atomic mass is 16.5. The van der Waals surface area contributed by atoms with Crippen molar-refractivity contribution >= 4 is 17.6 Å². The molecule has 32 heavy (non-hydrogen) atoms. The molecule has 2 aromatic carbocycles. The maximum Gasteiger partial charge on any atom is 0.303 e. The van der Waals surface area contributed by atoms with Crippen molar-refractivity contribution in [2.45, 2.75) is 25.3 Å². The van der Waals surface area contributed by atoms with Gasteiger partial charge in [0.25, 0.3) is 0 Å². The van der Waals surface area contributed by atoms with Crippen LogP contribution in [-0.2, 0) is 9.59 Å². The summed E-state index contributed by atoms with van der Waals surface area (Å²) in [5.74, 6) is 0.820. The molecule has 1 atom stereocenters. The Labute approximate surface area is 186 Å². The number of nitrogens with zero attached hydrogens (tertiary/aromatic N) is 2. The molecule has 1 N–H and O–H groups in total. The average molecular weight is 442 g/mol. The van der Waals surface area contributed by atoms with Crippen LogP contribution < -0.4 is 18.9 Å². The second kappa shape index (κ2) is 10.0. The Morgan fingerprint density at radius 1 is 0.906 bits per heavy atom. The Bertz CT molecular complexity index is 1040. The van der Waals surface area contributed by atoms with Gasteiger partial charge in [0.1, 0.15) is 0 Å². The number of rotatable bonds is 9. The quantitative estimate of drug-likeness (QED) is 0.635. The van der Waals surface area contributed by atoms with Crippen molar-refractivity contribution in [2.75, 3.05) is 28.4 Å². The van der Waals surface area contributed by atoms with E-state index in [1.165, 1.54) is 12.1 Å². The fourth-order valence-corrected chi connectivity index (χ4v) is 3.58. The molecule has 2 aromatic rings. The number of carboxylic acids is 1. The Morgan fingerprint density at radius 3 is 2.09 bits per heavy atom. The highest BCUT2D eigenvalue weighted by Crippen LogP contribution is 2.38. The summed E-state index contributed by atoms with van der Waals surface area (Å²) in [4.78, 5) is 23.8. The molecule has 1 aliphatic rings. The maximum atomic E-state index is 12.9. The molecular formula is C23H26N2O7. The van der Waals surface area contributed by atoms with E-state index in [0.717, 1.165) is 11.1 Å². The number of ether oxygens (including phenoxy) is 4. The number of hydrazone groups is 1. The summed E-state index contributed by atoms with van der Waals surface area (Å²) in [5, 5.41) is 14.9. The molecule has 0 spiro atoms. The zero-order valence-electron chi connectivity index (χ0n) is 18.5. The third-order valence-corrected chi connectivity index (χ3v) is 5.23. The Balaban J connectivity index is 1.98. The van der Waals surface area contributed by atoms with Crippen molar-refractivity contribution < 1.29 is 33.6 Å². The van der Waals surface area contributed by atoms with Crippen molar-refractivity contribution in [3.8, 4) is 23.0 Å². The number of methoxy groups -OCH3 is 4. The lowest BCUT2D eigenvalue weighted by Crippen LogP contribution is -2.27. The van der Waals surface area contributed by atoms with Gasteiger partial charge in [-0.25, -0.2) is 5.01 Å². The molecule has 0 bridgehead atoms. The largest absolute Gasteiger partial charge is 0.493 e. The van der Waals surface area contributed by atoms with Gasteiger partial charge in [-0.1, -0.05) is 6.07 Å². The first kappa shape index (κ1) is 22.9. The molecule has 1 unspecified atom stereocenters. The summed E-state index contributed by atoms with van der Waals surface area (Å²) in [7, 11) is 6.19. The number of amides is 1. The van der Waals surface area contributed by atoms with Gasteiger partial charge in [-0.3, -0.25) is 9.59 Å². The van der Waals surface area contributed by atoms with Gasteiger partial charge in [0.05, 0.1) is 46.6 Å². The molecule has 0 aromatic heterocycles. The molecule has 0 saturated heterocycles. The van der Waals surface area contributed by atoms with Gasteiger partial charge in [0.2, 0.25) is 5.91 Å². The van der Waals surface area contributed by atoms with Crippen LogP contribution in [0.1, 0.15) is 36.4 Å². The Hall–Kier alpha value is -3.75. The minimum absolute atomic E-state index is 0.151. The van der Waals surface area contributed by atoms with Crippen molar-refractivity contribution in [3.05, 3.63) is 47.5 Å². The Kier molecular flexibility index (Phi) is 7.19. The average Bonchev–Trinajstić information content (AvgIpc) is 3.27. The normalized spacial score (nSPS) is 15.2. The predicted octanol–water partition coefficient (Wildman–Crippen LogP) is 3.26. The topological polar surface area (TPSA) is 107 Å². The first-order valence-electron chi connectivity index (χ1n) is 9.97. The van der Waals surface area contributed by atoms with Gasteiger partial charge < -0.3 is 24.1 Å². The van der Waals surface area contributed by atoms with E-state index in [2.05, 4.69) is 5.10 Å². The third-order valence-electron chi connectivity index (χ3n) is 5.23. The van der Waals surface area contributed by atoms with E-state index in [9.17, 15) is 9.59 Å². The molecule has 0 radical (unpaired) electrons. The molecule has 1 aliphatic heterocycles.